The molecule has 11 rings (SSSR count). The van der Waals surface area contributed by atoms with Crippen molar-refractivity contribution in [3.63, 3.8) is 0 Å². The van der Waals surface area contributed by atoms with Crippen LogP contribution < -0.4 is 27.6 Å². The second kappa shape index (κ2) is 25.7. The van der Waals surface area contributed by atoms with Crippen molar-refractivity contribution in [1.82, 2.24) is 19.9 Å². The molecule has 0 unspecified atom stereocenters. The van der Waals surface area contributed by atoms with Crippen molar-refractivity contribution in [2.45, 2.75) is 61.8 Å². The second-order valence-corrected chi connectivity index (χ2v) is 25.0. The molecule has 2 amide bonds. The third-order valence-electron chi connectivity index (χ3n) is 14.1. The first-order chi connectivity index (χ1) is 40.2. The molecule has 5 heterocycles. The number of aromatic nitrogens is 4. The minimum Gasteiger partial charge on any atom is -0.399 e. The number of fused-ring (bicyclic) bond motifs is 2. The first kappa shape index (κ1) is 59.8. The maximum absolute atomic E-state index is 12.6. The third-order valence-corrected chi connectivity index (χ3v) is 17.5. The molecule has 6 N–H and O–H groups in total. The number of hydrogen-bond acceptors (Lipinski definition) is 14. The van der Waals surface area contributed by atoms with Crippen molar-refractivity contribution in [2.75, 3.05) is 22.1 Å². The molecule has 0 saturated carbocycles. The van der Waals surface area contributed by atoms with E-state index in [0.717, 1.165) is 61.0 Å². The summed E-state index contributed by atoms with van der Waals surface area (Å²) < 4.78 is 61.2. The Balaban J connectivity index is 0.000000158. The number of anilines is 2. The van der Waals surface area contributed by atoms with E-state index < -0.39 is 61.3 Å². The first-order valence-corrected chi connectivity index (χ1v) is 30.3. The summed E-state index contributed by atoms with van der Waals surface area (Å²) in [5.41, 5.74) is 17.1. The van der Waals surface area contributed by atoms with Crippen molar-refractivity contribution in [2.24, 2.45) is 11.5 Å². The number of carbonyl (C=O) groups is 2. The van der Waals surface area contributed by atoms with Crippen LogP contribution in [0.4, 0.5) is 11.6 Å². The molecular formula is C64H60BClN8O8S2. The zero-order valence-electron chi connectivity index (χ0n) is 46.4. The number of nitrogens with one attached hydrogen (secondary N) is 2. The molecule has 20 heteroatoms. The molecule has 1 saturated heterocycles. The predicted octanol–water partition coefficient (Wildman–Crippen LogP) is 10.6. The number of carbonyl (C=O) groups excluding carboxylic acids is 2. The molecule has 0 bridgehead atoms. The van der Waals surface area contributed by atoms with Crippen LogP contribution in [0.5, 0.6) is 0 Å². The SMILES string of the molecule is CC1(C)OB(c2cccc(S(=O)(=O)CC(N)=O)c2)OC1(C)C.Clc1cc2cccc(-c3ccccc3)c2c(NCc2ccccn2)n1.NC(=O)CS(=O)(=O)c1cccc(-c2cc3cccc(-c4ccccc4)c3c(NCc3ccccn3)n2)c1. The molecule has 10 aromatic rings. The van der Waals surface area contributed by atoms with Gasteiger partial charge in [-0.05, 0) is 127 Å². The van der Waals surface area contributed by atoms with Gasteiger partial charge in [0.25, 0.3) is 0 Å². The number of sulfone groups is 2. The van der Waals surface area contributed by atoms with E-state index in [1.54, 1.807) is 36.7 Å². The number of halogens is 1. The fourth-order valence-corrected chi connectivity index (χ4v) is 11.8. The van der Waals surface area contributed by atoms with Crippen molar-refractivity contribution in [1.29, 1.82) is 0 Å². The van der Waals surface area contributed by atoms with Crippen LogP contribution in [0.15, 0.2) is 216 Å². The van der Waals surface area contributed by atoms with E-state index in [0.29, 0.717) is 40.8 Å². The molecule has 1 fully saturated rings. The summed E-state index contributed by atoms with van der Waals surface area (Å²) >= 11 is 6.24. The summed E-state index contributed by atoms with van der Waals surface area (Å²) in [6, 6.07) is 60.7. The zero-order chi connectivity index (χ0) is 59.7. The maximum Gasteiger partial charge on any atom is 0.494 e. The summed E-state index contributed by atoms with van der Waals surface area (Å²) in [4.78, 5) is 40.4. The lowest BCUT2D eigenvalue weighted by molar-refractivity contribution is -0.116. The van der Waals surface area contributed by atoms with Crippen LogP contribution >= 0.6 is 11.6 Å². The zero-order valence-corrected chi connectivity index (χ0v) is 48.8. The van der Waals surface area contributed by atoms with Gasteiger partial charge in [0.1, 0.15) is 28.3 Å². The normalized spacial score (nSPS) is 13.5. The highest BCUT2D eigenvalue weighted by Crippen LogP contribution is 2.39. The van der Waals surface area contributed by atoms with Gasteiger partial charge in [0.2, 0.25) is 11.8 Å². The average Bonchev–Trinajstić information content (AvgIpc) is 1.87. The Morgan fingerprint density at radius 1 is 0.512 bits per heavy atom. The molecule has 0 atom stereocenters. The largest absolute Gasteiger partial charge is 0.494 e. The predicted molar refractivity (Wildman–Crippen MR) is 333 cm³/mol. The smallest absolute Gasteiger partial charge is 0.399 e. The number of benzene rings is 6. The molecule has 0 radical (unpaired) electrons. The van der Waals surface area contributed by atoms with Gasteiger partial charge in [-0.2, -0.15) is 0 Å². The fourth-order valence-electron chi connectivity index (χ4n) is 9.29. The van der Waals surface area contributed by atoms with E-state index >= 15 is 0 Å². The molecule has 6 aromatic carbocycles. The van der Waals surface area contributed by atoms with Gasteiger partial charge in [0.15, 0.2) is 19.7 Å². The fraction of sp³-hybridized carbons (Fsp3) is 0.156. The number of rotatable bonds is 16. The van der Waals surface area contributed by atoms with Gasteiger partial charge in [0.05, 0.1) is 51.2 Å². The van der Waals surface area contributed by atoms with Crippen LogP contribution in [0, 0.1) is 0 Å². The summed E-state index contributed by atoms with van der Waals surface area (Å²) in [7, 11) is -8.27. The van der Waals surface area contributed by atoms with Gasteiger partial charge in [0, 0.05) is 28.7 Å². The number of primary amides is 2. The van der Waals surface area contributed by atoms with Crippen molar-refractivity contribution in [3.8, 4) is 33.5 Å². The minimum absolute atomic E-state index is 0.0201. The Morgan fingerprint density at radius 2 is 0.952 bits per heavy atom. The second-order valence-electron chi connectivity index (χ2n) is 20.7. The van der Waals surface area contributed by atoms with E-state index in [1.807, 2.05) is 131 Å². The standard InChI is InChI=1S/C29H24N4O3S.C21H16ClN3.C14H20BNO5S/c30-27(34)19-37(35,36)24-13-6-10-21(16-24)26-17-22-11-7-14-25(20-8-2-1-3-9-20)28(22)29(33-26)32-18-23-12-4-5-15-31-23;22-19-13-16-9-6-11-18(15-7-2-1-3-8-15)20(16)21(25-19)24-14-17-10-4-5-12-23-17;1-13(2)14(3,4)21-15(20-13)10-6-5-7-11(8-10)22(18,19)9-12(16)17/h1-17H,18-19H2,(H2,30,34)(H,32,33);1-13H,14H2,(H,24,25);5-8H,9H2,1-4H3,(H2,16,17). The average molecular weight is 1180 g/mol. The first-order valence-electron chi connectivity index (χ1n) is 26.7. The van der Waals surface area contributed by atoms with E-state index in [1.165, 1.54) is 24.3 Å². The van der Waals surface area contributed by atoms with Gasteiger partial charge in [-0.3, -0.25) is 19.6 Å². The number of nitrogens with zero attached hydrogens (tertiary/aromatic N) is 4. The van der Waals surface area contributed by atoms with E-state index in [2.05, 4.69) is 68.1 Å². The van der Waals surface area contributed by atoms with Crippen molar-refractivity contribution < 1.29 is 35.7 Å². The summed E-state index contributed by atoms with van der Waals surface area (Å²) in [5, 5.41) is 11.3. The number of amides is 2. The maximum atomic E-state index is 12.6. The van der Waals surface area contributed by atoms with E-state index in [-0.39, 0.29) is 9.79 Å². The molecule has 16 nitrogen and oxygen atoms in total. The van der Waals surface area contributed by atoms with Gasteiger partial charge in [-0.15, -0.1) is 0 Å². The van der Waals surface area contributed by atoms with Crippen LogP contribution in [-0.4, -0.2) is 78.4 Å². The Labute approximate surface area is 493 Å². The van der Waals surface area contributed by atoms with Crippen LogP contribution in [0.2, 0.25) is 5.15 Å². The van der Waals surface area contributed by atoms with E-state index in [4.69, 9.17) is 37.4 Å². The monoisotopic (exact) mass is 1180 g/mol. The topological polar surface area (TPSA) is 249 Å². The van der Waals surface area contributed by atoms with Crippen LogP contribution in [0.1, 0.15) is 39.1 Å². The minimum atomic E-state index is -3.86. The van der Waals surface area contributed by atoms with Crippen LogP contribution in [0.25, 0.3) is 55.1 Å². The summed E-state index contributed by atoms with van der Waals surface area (Å²) in [6.07, 6.45) is 3.53. The van der Waals surface area contributed by atoms with Crippen molar-refractivity contribution >= 4 is 88.9 Å². The van der Waals surface area contributed by atoms with Gasteiger partial charge >= 0.3 is 7.12 Å². The highest BCUT2D eigenvalue weighted by Gasteiger charge is 2.51. The lowest BCUT2D eigenvalue weighted by Crippen LogP contribution is -2.41. The quantitative estimate of drug-likeness (QED) is 0.0519. The molecule has 426 valence electrons. The number of nitrogens with two attached hydrogens (primary N) is 2. The van der Waals surface area contributed by atoms with Gasteiger partial charge < -0.3 is 31.4 Å². The molecule has 4 aromatic heterocycles. The van der Waals surface area contributed by atoms with Gasteiger partial charge in [-0.1, -0.05) is 145 Å². The summed E-state index contributed by atoms with van der Waals surface area (Å²) in [6.45, 7) is 8.72. The molecule has 84 heavy (non-hydrogen) atoms. The highest BCUT2D eigenvalue weighted by molar-refractivity contribution is 7.92. The Hall–Kier alpha value is -8.85. The van der Waals surface area contributed by atoms with Crippen LogP contribution in [-0.2, 0) is 51.7 Å². The number of pyridine rings is 4. The molecule has 0 spiro atoms. The Kier molecular flexibility index (Phi) is 18.3. The number of hydrogen-bond donors (Lipinski definition) is 4. The lowest BCUT2D eigenvalue weighted by atomic mass is 9.79. The van der Waals surface area contributed by atoms with E-state index in [9.17, 15) is 26.4 Å². The van der Waals surface area contributed by atoms with Crippen LogP contribution in [0.3, 0.4) is 0 Å². The third kappa shape index (κ3) is 14.5. The molecule has 1 aliphatic rings. The summed E-state index contributed by atoms with van der Waals surface area (Å²) in [5.74, 6) is -1.83. The lowest BCUT2D eigenvalue weighted by Gasteiger charge is -2.32. The molecule has 1 aliphatic heterocycles. The van der Waals surface area contributed by atoms with Gasteiger partial charge in [-0.25, -0.2) is 26.8 Å². The Morgan fingerprint density at radius 3 is 1.44 bits per heavy atom. The highest BCUT2D eigenvalue weighted by atomic mass is 35.5. The van der Waals surface area contributed by atoms with Crippen molar-refractivity contribution in [3.05, 3.63) is 223 Å². The Bertz CT molecular complexity index is 4210. The molecule has 0 aliphatic carbocycles. The molecular weight excluding hydrogens is 1120 g/mol.